The topological polar surface area (TPSA) is 15.3 Å². The molecule has 1 rings (SSSR count). The molecule has 0 saturated carbocycles. The first-order valence-corrected chi connectivity index (χ1v) is 6.78. The van der Waals surface area contributed by atoms with Crippen LogP contribution in [0.5, 0.6) is 0 Å². The summed E-state index contributed by atoms with van der Waals surface area (Å²) in [7, 11) is 0. The molecule has 15 heavy (non-hydrogen) atoms. The number of hydrogen-bond acceptors (Lipinski definition) is 2. The summed E-state index contributed by atoms with van der Waals surface area (Å²) in [5.74, 6) is 0. The standard InChI is InChI=1S/C13H28N2/c1-3-4-5-8-13(2)14-9-12-15-10-6-7-11-15/h13-14H,3-12H2,1-2H3. The van der Waals surface area contributed by atoms with Gasteiger partial charge in [0.1, 0.15) is 0 Å². The van der Waals surface area contributed by atoms with Crippen molar-refractivity contribution in [2.24, 2.45) is 0 Å². The molecule has 1 unspecified atom stereocenters. The minimum atomic E-state index is 0.708. The third-order valence-corrected chi connectivity index (χ3v) is 3.36. The largest absolute Gasteiger partial charge is 0.313 e. The molecule has 0 spiro atoms. The molecule has 2 heteroatoms. The zero-order valence-corrected chi connectivity index (χ0v) is 10.6. The van der Waals surface area contributed by atoms with Crippen molar-refractivity contribution in [1.29, 1.82) is 0 Å². The Kier molecular flexibility index (Phi) is 7.03. The molecule has 0 aromatic carbocycles. The lowest BCUT2D eigenvalue weighted by Gasteiger charge is -2.18. The molecule has 0 aromatic heterocycles. The van der Waals surface area contributed by atoms with Gasteiger partial charge in [0.2, 0.25) is 0 Å². The Morgan fingerprint density at radius 2 is 1.93 bits per heavy atom. The highest BCUT2D eigenvalue weighted by molar-refractivity contribution is 4.68. The second kappa shape index (κ2) is 8.12. The Hall–Kier alpha value is -0.0800. The van der Waals surface area contributed by atoms with Crippen LogP contribution in [-0.2, 0) is 0 Å². The number of nitrogens with one attached hydrogen (secondary N) is 1. The molecule has 1 aliphatic rings. The maximum atomic E-state index is 3.63. The third-order valence-electron chi connectivity index (χ3n) is 3.36. The van der Waals surface area contributed by atoms with E-state index in [0.29, 0.717) is 6.04 Å². The molecule has 0 amide bonds. The highest BCUT2D eigenvalue weighted by atomic mass is 15.1. The summed E-state index contributed by atoms with van der Waals surface area (Å²) in [4.78, 5) is 2.58. The summed E-state index contributed by atoms with van der Waals surface area (Å²) in [5, 5.41) is 3.63. The normalized spacial score (nSPS) is 19.6. The number of rotatable bonds is 8. The van der Waals surface area contributed by atoms with Crippen LogP contribution < -0.4 is 5.32 Å². The Bertz CT molecular complexity index is 141. The van der Waals surface area contributed by atoms with Crippen LogP contribution in [0.4, 0.5) is 0 Å². The van der Waals surface area contributed by atoms with Crippen molar-refractivity contribution in [3.05, 3.63) is 0 Å². The predicted molar refractivity (Wildman–Crippen MR) is 67.3 cm³/mol. The van der Waals surface area contributed by atoms with Gasteiger partial charge in [-0.1, -0.05) is 26.2 Å². The molecule has 1 atom stereocenters. The van der Waals surface area contributed by atoms with Gasteiger partial charge in [-0.3, -0.25) is 0 Å². The minimum Gasteiger partial charge on any atom is -0.313 e. The summed E-state index contributed by atoms with van der Waals surface area (Å²) in [6.07, 6.45) is 8.26. The summed E-state index contributed by atoms with van der Waals surface area (Å²) >= 11 is 0. The smallest absolute Gasteiger partial charge is 0.0107 e. The third kappa shape index (κ3) is 6.16. The Morgan fingerprint density at radius 3 is 2.60 bits per heavy atom. The van der Waals surface area contributed by atoms with Crippen LogP contribution in [0.25, 0.3) is 0 Å². The molecule has 0 aromatic rings. The summed E-state index contributed by atoms with van der Waals surface area (Å²) in [5.41, 5.74) is 0. The van der Waals surface area contributed by atoms with E-state index in [2.05, 4.69) is 24.1 Å². The number of unbranched alkanes of at least 4 members (excludes halogenated alkanes) is 2. The number of likely N-dealkylation sites (tertiary alicyclic amines) is 1. The van der Waals surface area contributed by atoms with E-state index in [1.54, 1.807) is 0 Å². The Morgan fingerprint density at radius 1 is 1.20 bits per heavy atom. The first-order valence-electron chi connectivity index (χ1n) is 6.78. The highest BCUT2D eigenvalue weighted by Crippen LogP contribution is 2.06. The van der Waals surface area contributed by atoms with Gasteiger partial charge >= 0.3 is 0 Å². The fraction of sp³-hybridized carbons (Fsp3) is 1.00. The molecule has 0 radical (unpaired) electrons. The fourth-order valence-corrected chi connectivity index (χ4v) is 2.28. The van der Waals surface area contributed by atoms with E-state index in [0.717, 1.165) is 0 Å². The molecular formula is C13H28N2. The molecule has 1 heterocycles. The van der Waals surface area contributed by atoms with Crippen molar-refractivity contribution in [2.45, 2.75) is 58.4 Å². The van der Waals surface area contributed by atoms with Crippen LogP contribution in [0.3, 0.4) is 0 Å². The zero-order chi connectivity index (χ0) is 10.9. The van der Waals surface area contributed by atoms with Crippen molar-refractivity contribution in [3.63, 3.8) is 0 Å². The molecular weight excluding hydrogens is 184 g/mol. The average Bonchev–Trinajstić information content (AvgIpc) is 2.71. The Labute approximate surface area is 95.4 Å². The van der Waals surface area contributed by atoms with Gasteiger partial charge in [0.15, 0.2) is 0 Å². The first-order chi connectivity index (χ1) is 7.33. The van der Waals surface area contributed by atoms with Crippen molar-refractivity contribution in [3.8, 4) is 0 Å². The van der Waals surface area contributed by atoms with Gasteiger partial charge in [0.05, 0.1) is 0 Å². The van der Waals surface area contributed by atoms with Crippen LogP contribution in [0.1, 0.15) is 52.4 Å². The molecule has 0 bridgehead atoms. The van der Waals surface area contributed by atoms with Crippen LogP contribution in [0.2, 0.25) is 0 Å². The van der Waals surface area contributed by atoms with Crippen LogP contribution >= 0.6 is 0 Å². The maximum Gasteiger partial charge on any atom is 0.0107 e. The molecule has 1 N–H and O–H groups in total. The lowest BCUT2D eigenvalue weighted by molar-refractivity contribution is 0.326. The van der Waals surface area contributed by atoms with E-state index in [4.69, 9.17) is 0 Å². The van der Waals surface area contributed by atoms with Gasteiger partial charge in [0, 0.05) is 19.1 Å². The van der Waals surface area contributed by atoms with E-state index in [1.807, 2.05) is 0 Å². The van der Waals surface area contributed by atoms with Crippen molar-refractivity contribution in [2.75, 3.05) is 26.2 Å². The van der Waals surface area contributed by atoms with Gasteiger partial charge in [-0.05, 0) is 39.3 Å². The first kappa shape index (κ1) is 13.0. The summed E-state index contributed by atoms with van der Waals surface area (Å²) in [6.45, 7) is 9.66. The second-order valence-corrected chi connectivity index (χ2v) is 4.90. The summed E-state index contributed by atoms with van der Waals surface area (Å²) < 4.78 is 0. The highest BCUT2D eigenvalue weighted by Gasteiger charge is 2.10. The maximum absolute atomic E-state index is 3.63. The van der Waals surface area contributed by atoms with Gasteiger partial charge < -0.3 is 10.2 Å². The van der Waals surface area contributed by atoms with Gasteiger partial charge in [-0.2, -0.15) is 0 Å². The lowest BCUT2D eigenvalue weighted by Crippen LogP contribution is -2.34. The predicted octanol–water partition coefficient (Wildman–Crippen LogP) is 2.64. The second-order valence-electron chi connectivity index (χ2n) is 4.90. The quantitative estimate of drug-likeness (QED) is 0.622. The fourth-order valence-electron chi connectivity index (χ4n) is 2.28. The monoisotopic (exact) mass is 212 g/mol. The van der Waals surface area contributed by atoms with Crippen LogP contribution in [0.15, 0.2) is 0 Å². The molecule has 90 valence electrons. The molecule has 1 aliphatic heterocycles. The zero-order valence-electron chi connectivity index (χ0n) is 10.6. The van der Waals surface area contributed by atoms with Crippen LogP contribution in [0, 0.1) is 0 Å². The van der Waals surface area contributed by atoms with Gasteiger partial charge in [0.25, 0.3) is 0 Å². The van der Waals surface area contributed by atoms with E-state index < -0.39 is 0 Å². The van der Waals surface area contributed by atoms with Crippen molar-refractivity contribution >= 4 is 0 Å². The minimum absolute atomic E-state index is 0.708. The number of hydrogen-bond donors (Lipinski definition) is 1. The molecule has 1 saturated heterocycles. The molecule has 1 fully saturated rings. The summed E-state index contributed by atoms with van der Waals surface area (Å²) in [6, 6.07) is 0.708. The molecule has 0 aliphatic carbocycles. The van der Waals surface area contributed by atoms with E-state index >= 15 is 0 Å². The van der Waals surface area contributed by atoms with E-state index in [1.165, 1.54) is 64.7 Å². The van der Waals surface area contributed by atoms with Crippen molar-refractivity contribution in [1.82, 2.24) is 10.2 Å². The van der Waals surface area contributed by atoms with Gasteiger partial charge in [-0.15, -0.1) is 0 Å². The van der Waals surface area contributed by atoms with Gasteiger partial charge in [-0.25, -0.2) is 0 Å². The average molecular weight is 212 g/mol. The lowest BCUT2D eigenvalue weighted by atomic mass is 10.1. The van der Waals surface area contributed by atoms with E-state index in [9.17, 15) is 0 Å². The molecule has 2 nitrogen and oxygen atoms in total. The van der Waals surface area contributed by atoms with Crippen molar-refractivity contribution < 1.29 is 0 Å². The SMILES string of the molecule is CCCCCC(C)NCCN1CCCC1. The Balaban J connectivity index is 1.89. The van der Waals surface area contributed by atoms with Crippen LogP contribution in [-0.4, -0.2) is 37.1 Å². The van der Waals surface area contributed by atoms with E-state index in [-0.39, 0.29) is 0 Å². The number of nitrogens with zero attached hydrogens (tertiary/aromatic N) is 1.